The summed E-state index contributed by atoms with van der Waals surface area (Å²) in [5.41, 5.74) is 0. The normalized spacial score (nSPS) is 33.4. The summed E-state index contributed by atoms with van der Waals surface area (Å²) in [4.78, 5) is 2.85. The molecule has 0 amide bonds. The maximum absolute atomic E-state index is 3.60. The summed E-state index contributed by atoms with van der Waals surface area (Å²) in [5, 5.41) is 3.60. The minimum atomic E-state index is 0.831. The standard InChI is InChI=1S/C15H30N2/c1-4-12(3)9-14(5-2)17-8-6-7-13-10-16-11-15(13)17/h12-16H,4-11H2,1-3H3. The molecular formula is C15H30N2. The number of likely N-dealkylation sites (tertiary alicyclic amines) is 1. The molecule has 1 N–H and O–H groups in total. The molecule has 0 aromatic heterocycles. The van der Waals surface area contributed by atoms with Crippen molar-refractivity contribution in [2.24, 2.45) is 11.8 Å². The van der Waals surface area contributed by atoms with Crippen molar-refractivity contribution in [2.45, 2.75) is 65.0 Å². The van der Waals surface area contributed by atoms with E-state index in [0.717, 1.165) is 23.9 Å². The molecule has 17 heavy (non-hydrogen) atoms. The Kier molecular flexibility index (Phi) is 4.87. The lowest BCUT2D eigenvalue weighted by Gasteiger charge is -2.43. The van der Waals surface area contributed by atoms with Crippen molar-refractivity contribution in [1.29, 1.82) is 0 Å². The van der Waals surface area contributed by atoms with Crippen LogP contribution in [0.2, 0.25) is 0 Å². The van der Waals surface area contributed by atoms with E-state index in [4.69, 9.17) is 0 Å². The Morgan fingerprint density at radius 1 is 1.24 bits per heavy atom. The van der Waals surface area contributed by atoms with Crippen LogP contribution in [0.3, 0.4) is 0 Å². The highest BCUT2D eigenvalue weighted by Gasteiger charge is 2.37. The lowest BCUT2D eigenvalue weighted by Crippen LogP contribution is -2.50. The molecule has 4 atom stereocenters. The Balaban J connectivity index is 1.97. The first-order valence-electron chi connectivity index (χ1n) is 7.72. The van der Waals surface area contributed by atoms with Gasteiger partial charge in [-0.05, 0) is 50.6 Å². The van der Waals surface area contributed by atoms with Gasteiger partial charge < -0.3 is 5.32 Å². The van der Waals surface area contributed by atoms with Crippen molar-refractivity contribution in [2.75, 3.05) is 19.6 Å². The minimum absolute atomic E-state index is 0.831. The monoisotopic (exact) mass is 238 g/mol. The predicted octanol–water partition coefficient (Wildman–Crippen LogP) is 2.89. The first-order chi connectivity index (χ1) is 8.26. The molecule has 2 heteroatoms. The molecule has 0 aromatic carbocycles. The Morgan fingerprint density at radius 2 is 2.06 bits per heavy atom. The number of rotatable bonds is 5. The second-order valence-electron chi connectivity index (χ2n) is 6.18. The smallest absolute Gasteiger partial charge is 0.0263 e. The van der Waals surface area contributed by atoms with E-state index in [1.807, 2.05) is 0 Å². The fourth-order valence-electron chi connectivity index (χ4n) is 3.72. The second-order valence-corrected chi connectivity index (χ2v) is 6.18. The first-order valence-corrected chi connectivity index (χ1v) is 7.72. The van der Waals surface area contributed by atoms with E-state index >= 15 is 0 Å². The van der Waals surface area contributed by atoms with Gasteiger partial charge in [-0.25, -0.2) is 0 Å². The van der Waals surface area contributed by atoms with E-state index < -0.39 is 0 Å². The van der Waals surface area contributed by atoms with Gasteiger partial charge in [0.25, 0.3) is 0 Å². The molecule has 2 fully saturated rings. The largest absolute Gasteiger partial charge is 0.315 e. The number of hydrogen-bond donors (Lipinski definition) is 1. The maximum atomic E-state index is 3.60. The van der Waals surface area contributed by atoms with Crippen LogP contribution >= 0.6 is 0 Å². The minimum Gasteiger partial charge on any atom is -0.315 e. The molecule has 0 radical (unpaired) electrons. The van der Waals surface area contributed by atoms with Crippen molar-refractivity contribution >= 4 is 0 Å². The molecule has 2 saturated heterocycles. The fourth-order valence-corrected chi connectivity index (χ4v) is 3.72. The Labute approximate surface area is 107 Å². The molecule has 2 nitrogen and oxygen atoms in total. The Hall–Kier alpha value is -0.0800. The van der Waals surface area contributed by atoms with E-state index in [2.05, 4.69) is 31.0 Å². The van der Waals surface area contributed by atoms with Gasteiger partial charge in [0.1, 0.15) is 0 Å². The summed E-state index contributed by atoms with van der Waals surface area (Å²) in [6, 6.07) is 1.68. The average Bonchev–Trinajstić information content (AvgIpc) is 2.83. The van der Waals surface area contributed by atoms with Gasteiger partial charge in [0.2, 0.25) is 0 Å². The van der Waals surface area contributed by atoms with Crippen LogP contribution in [0.25, 0.3) is 0 Å². The van der Waals surface area contributed by atoms with Gasteiger partial charge in [0.15, 0.2) is 0 Å². The highest BCUT2D eigenvalue weighted by molar-refractivity contribution is 4.94. The van der Waals surface area contributed by atoms with Gasteiger partial charge in [0, 0.05) is 18.6 Å². The number of fused-ring (bicyclic) bond motifs is 1. The molecule has 0 saturated carbocycles. The topological polar surface area (TPSA) is 15.3 Å². The SMILES string of the molecule is CCC(C)CC(CC)N1CCCC2CNCC21. The van der Waals surface area contributed by atoms with Crippen LogP contribution in [0.4, 0.5) is 0 Å². The summed E-state index contributed by atoms with van der Waals surface area (Å²) >= 11 is 0. The van der Waals surface area contributed by atoms with Crippen LogP contribution in [0.15, 0.2) is 0 Å². The summed E-state index contributed by atoms with van der Waals surface area (Å²) in [7, 11) is 0. The van der Waals surface area contributed by atoms with Crippen molar-refractivity contribution in [3.05, 3.63) is 0 Å². The van der Waals surface area contributed by atoms with Gasteiger partial charge in [-0.1, -0.05) is 27.2 Å². The average molecular weight is 238 g/mol. The number of nitrogens with zero attached hydrogens (tertiary/aromatic N) is 1. The number of piperidine rings is 1. The summed E-state index contributed by atoms with van der Waals surface area (Å²) in [6.45, 7) is 11.0. The van der Waals surface area contributed by atoms with Crippen LogP contribution in [0, 0.1) is 11.8 Å². The highest BCUT2D eigenvalue weighted by Crippen LogP contribution is 2.31. The number of hydrogen-bond acceptors (Lipinski definition) is 2. The molecule has 2 aliphatic rings. The van der Waals surface area contributed by atoms with Gasteiger partial charge in [-0.3, -0.25) is 4.90 Å². The zero-order valence-corrected chi connectivity index (χ0v) is 11.9. The molecule has 0 bridgehead atoms. The zero-order valence-electron chi connectivity index (χ0n) is 11.9. The summed E-state index contributed by atoms with van der Waals surface area (Å²) in [6.07, 6.45) is 6.92. The molecular weight excluding hydrogens is 208 g/mol. The molecule has 0 spiro atoms. The molecule has 2 heterocycles. The Morgan fingerprint density at radius 3 is 2.76 bits per heavy atom. The van der Waals surface area contributed by atoms with E-state index in [0.29, 0.717) is 0 Å². The Bertz CT molecular complexity index is 229. The van der Waals surface area contributed by atoms with E-state index in [-0.39, 0.29) is 0 Å². The predicted molar refractivity (Wildman–Crippen MR) is 74.2 cm³/mol. The van der Waals surface area contributed by atoms with E-state index in [1.165, 1.54) is 51.7 Å². The third kappa shape index (κ3) is 3.03. The molecule has 4 unspecified atom stereocenters. The van der Waals surface area contributed by atoms with Gasteiger partial charge >= 0.3 is 0 Å². The third-order valence-corrected chi connectivity index (χ3v) is 5.03. The fraction of sp³-hybridized carbons (Fsp3) is 1.00. The summed E-state index contributed by atoms with van der Waals surface area (Å²) in [5.74, 6) is 1.82. The van der Waals surface area contributed by atoms with E-state index in [1.54, 1.807) is 0 Å². The molecule has 2 rings (SSSR count). The number of nitrogens with one attached hydrogen (secondary N) is 1. The van der Waals surface area contributed by atoms with Crippen molar-refractivity contribution in [3.63, 3.8) is 0 Å². The highest BCUT2D eigenvalue weighted by atomic mass is 15.2. The van der Waals surface area contributed by atoms with Crippen LogP contribution in [0.5, 0.6) is 0 Å². The van der Waals surface area contributed by atoms with E-state index in [9.17, 15) is 0 Å². The molecule has 2 aliphatic heterocycles. The van der Waals surface area contributed by atoms with Crippen LogP contribution in [-0.2, 0) is 0 Å². The third-order valence-electron chi connectivity index (χ3n) is 5.03. The maximum Gasteiger partial charge on any atom is 0.0263 e. The van der Waals surface area contributed by atoms with Gasteiger partial charge in [-0.2, -0.15) is 0 Å². The van der Waals surface area contributed by atoms with Crippen LogP contribution in [0.1, 0.15) is 52.9 Å². The van der Waals surface area contributed by atoms with Crippen molar-refractivity contribution < 1.29 is 0 Å². The van der Waals surface area contributed by atoms with Crippen LogP contribution < -0.4 is 5.32 Å². The second kappa shape index (κ2) is 6.19. The first kappa shape index (κ1) is 13.4. The van der Waals surface area contributed by atoms with Gasteiger partial charge in [-0.15, -0.1) is 0 Å². The lowest BCUT2D eigenvalue weighted by atomic mass is 9.88. The van der Waals surface area contributed by atoms with Crippen LogP contribution in [-0.4, -0.2) is 36.6 Å². The van der Waals surface area contributed by atoms with Gasteiger partial charge in [0.05, 0.1) is 0 Å². The molecule has 100 valence electrons. The molecule has 0 aromatic rings. The lowest BCUT2D eigenvalue weighted by molar-refractivity contribution is 0.0630. The van der Waals surface area contributed by atoms with Crippen molar-refractivity contribution in [3.8, 4) is 0 Å². The van der Waals surface area contributed by atoms with Crippen molar-refractivity contribution in [1.82, 2.24) is 10.2 Å². The summed E-state index contributed by atoms with van der Waals surface area (Å²) < 4.78 is 0. The quantitative estimate of drug-likeness (QED) is 0.792. The molecule has 0 aliphatic carbocycles. The zero-order chi connectivity index (χ0) is 12.3.